The number of carbonyl (C=O) groups is 2. The molecule has 1 aromatic heterocycles. The summed E-state index contributed by atoms with van der Waals surface area (Å²) in [4.78, 5) is 28.3. The lowest BCUT2D eigenvalue weighted by Crippen LogP contribution is -2.08. The molecule has 27 heavy (non-hydrogen) atoms. The van der Waals surface area contributed by atoms with E-state index in [1.807, 2.05) is 42.6 Å². The number of ether oxygens (including phenoxy) is 1. The molecule has 1 N–H and O–H groups in total. The number of hydrogen-bond donors (Lipinski definition) is 1. The number of thiazole rings is 1. The van der Waals surface area contributed by atoms with Gasteiger partial charge in [-0.3, -0.25) is 9.59 Å². The molecule has 5 nitrogen and oxygen atoms in total. The molecule has 0 amide bonds. The van der Waals surface area contributed by atoms with E-state index < -0.39 is 5.97 Å². The van der Waals surface area contributed by atoms with Gasteiger partial charge in [0.05, 0.1) is 12.1 Å². The van der Waals surface area contributed by atoms with Crippen molar-refractivity contribution < 1.29 is 14.3 Å². The van der Waals surface area contributed by atoms with Gasteiger partial charge < -0.3 is 10.1 Å². The minimum absolute atomic E-state index is 0.0618. The quantitative estimate of drug-likeness (QED) is 0.445. The second-order valence-electron chi connectivity index (χ2n) is 6.08. The van der Waals surface area contributed by atoms with Crippen LogP contribution in [0.4, 0.5) is 10.8 Å². The number of nitrogens with one attached hydrogen (secondary N) is 1. The predicted octanol–water partition coefficient (Wildman–Crippen LogP) is 4.90. The molecule has 1 heterocycles. The Hall–Kier alpha value is -2.99. The number of aromatic nitrogens is 1. The van der Waals surface area contributed by atoms with Gasteiger partial charge in [0.1, 0.15) is 6.61 Å². The van der Waals surface area contributed by atoms with Gasteiger partial charge in [-0.1, -0.05) is 48.0 Å². The number of rotatable bonds is 8. The summed E-state index contributed by atoms with van der Waals surface area (Å²) >= 11 is 1.45. The first kappa shape index (κ1) is 18.8. The lowest BCUT2D eigenvalue weighted by atomic mass is 10.1. The molecule has 0 atom stereocenters. The molecule has 2 aromatic carbocycles. The molecule has 3 aromatic rings. The summed E-state index contributed by atoms with van der Waals surface area (Å²) in [6.45, 7) is 2.14. The molecule has 0 unspecified atom stereocenters. The first-order valence-electron chi connectivity index (χ1n) is 8.62. The summed E-state index contributed by atoms with van der Waals surface area (Å²) in [6, 6.07) is 17.0. The van der Waals surface area contributed by atoms with Crippen molar-refractivity contribution in [2.24, 2.45) is 0 Å². The van der Waals surface area contributed by atoms with Crippen LogP contribution in [0.25, 0.3) is 0 Å². The largest absolute Gasteiger partial charge is 0.459 e. The van der Waals surface area contributed by atoms with Crippen molar-refractivity contribution >= 4 is 33.9 Å². The van der Waals surface area contributed by atoms with Crippen LogP contribution >= 0.6 is 11.3 Å². The Labute approximate surface area is 162 Å². The fourth-order valence-electron chi connectivity index (χ4n) is 2.40. The SMILES string of the molecule is Cc1ccc(Nc2nc(COC(=O)CCC(=O)c3ccccc3)cs2)cc1. The predicted molar refractivity (Wildman–Crippen MR) is 106 cm³/mol. The van der Waals surface area contributed by atoms with Gasteiger partial charge >= 0.3 is 5.97 Å². The molecule has 0 aliphatic rings. The first-order chi connectivity index (χ1) is 13.1. The van der Waals surface area contributed by atoms with Crippen LogP contribution in [0.3, 0.4) is 0 Å². The van der Waals surface area contributed by atoms with E-state index in [0.29, 0.717) is 11.3 Å². The van der Waals surface area contributed by atoms with E-state index >= 15 is 0 Å². The molecular formula is C21H20N2O3S. The zero-order chi connectivity index (χ0) is 19.1. The zero-order valence-electron chi connectivity index (χ0n) is 15.0. The van der Waals surface area contributed by atoms with Crippen molar-refractivity contribution in [3.8, 4) is 0 Å². The highest BCUT2D eigenvalue weighted by Gasteiger charge is 2.11. The van der Waals surface area contributed by atoms with Gasteiger partial charge in [0, 0.05) is 23.1 Å². The molecule has 3 rings (SSSR count). The molecule has 0 aliphatic heterocycles. The van der Waals surface area contributed by atoms with Gasteiger partial charge in [0.2, 0.25) is 0 Å². The van der Waals surface area contributed by atoms with Gasteiger partial charge in [-0.2, -0.15) is 0 Å². The normalized spacial score (nSPS) is 10.4. The Morgan fingerprint density at radius 2 is 1.78 bits per heavy atom. The second kappa shape index (κ2) is 9.09. The lowest BCUT2D eigenvalue weighted by molar-refractivity contribution is -0.145. The van der Waals surface area contributed by atoms with E-state index in [1.165, 1.54) is 16.9 Å². The summed E-state index contributed by atoms with van der Waals surface area (Å²) in [5.74, 6) is -0.467. The average molecular weight is 380 g/mol. The van der Waals surface area contributed by atoms with E-state index in [0.717, 1.165) is 10.8 Å². The van der Waals surface area contributed by atoms with Crippen molar-refractivity contribution in [3.63, 3.8) is 0 Å². The molecular weight excluding hydrogens is 360 g/mol. The molecule has 0 spiro atoms. The minimum Gasteiger partial charge on any atom is -0.459 e. The summed E-state index contributed by atoms with van der Waals surface area (Å²) < 4.78 is 5.22. The van der Waals surface area contributed by atoms with Crippen molar-refractivity contribution in [3.05, 3.63) is 76.8 Å². The van der Waals surface area contributed by atoms with Crippen molar-refractivity contribution in [2.45, 2.75) is 26.4 Å². The standard InChI is InChI=1S/C21H20N2O3S/c1-15-7-9-17(10-8-15)22-21-23-18(14-27-21)13-26-20(25)12-11-19(24)16-5-3-2-4-6-16/h2-10,14H,11-13H2,1H3,(H,22,23). The topological polar surface area (TPSA) is 68.3 Å². The van der Waals surface area contributed by atoms with Crippen LogP contribution in [-0.4, -0.2) is 16.7 Å². The summed E-state index contributed by atoms with van der Waals surface area (Å²) in [6.07, 6.45) is 0.201. The number of carbonyl (C=O) groups excluding carboxylic acids is 2. The van der Waals surface area contributed by atoms with E-state index in [9.17, 15) is 9.59 Å². The smallest absolute Gasteiger partial charge is 0.306 e. The number of ketones is 1. The molecule has 138 valence electrons. The minimum atomic E-state index is -0.402. The van der Waals surface area contributed by atoms with Crippen LogP contribution < -0.4 is 5.32 Å². The number of anilines is 2. The number of nitrogens with zero attached hydrogens (tertiary/aromatic N) is 1. The monoisotopic (exact) mass is 380 g/mol. The molecule has 0 fully saturated rings. The first-order valence-corrected chi connectivity index (χ1v) is 9.50. The van der Waals surface area contributed by atoms with Crippen LogP contribution in [0.1, 0.15) is 34.5 Å². The fraction of sp³-hybridized carbons (Fsp3) is 0.190. The maximum absolute atomic E-state index is 12.0. The van der Waals surface area contributed by atoms with E-state index in [1.54, 1.807) is 24.3 Å². The summed E-state index contributed by atoms with van der Waals surface area (Å²) in [5, 5.41) is 5.81. The zero-order valence-corrected chi connectivity index (χ0v) is 15.8. The van der Waals surface area contributed by atoms with Crippen LogP contribution in [0.2, 0.25) is 0 Å². The number of hydrogen-bond acceptors (Lipinski definition) is 6. The highest BCUT2D eigenvalue weighted by molar-refractivity contribution is 7.13. The van der Waals surface area contributed by atoms with Gasteiger partial charge in [-0.05, 0) is 19.1 Å². The maximum Gasteiger partial charge on any atom is 0.306 e. The Kier molecular flexibility index (Phi) is 6.33. The third-order valence-electron chi connectivity index (χ3n) is 3.89. The summed E-state index contributed by atoms with van der Waals surface area (Å²) in [5.41, 5.74) is 3.44. The van der Waals surface area contributed by atoms with Gasteiger partial charge in [0.25, 0.3) is 0 Å². The molecule has 0 radical (unpaired) electrons. The molecule has 0 bridgehead atoms. The number of benzene rings is 2. The Bertz CT molecular complexity index is 905. The number of Topliss-reactive ketones (excluding diaryl/α,β-unsaturated/α-hetero) is 1. The van der Waals surface area contributed by atoms with Crippen molar-refractivity contribution in [1.29, 1.82) is 0 Å². The van der Waals surface area contributed by atoms with E-state index in [2.05, 4.69) is 10.3 Å². The Balaban J connectivity index is 1.43. The van der Waals surface area contributed by atoms with Gasteiger partial charge in [-0.25, -0.2) is 4.98 Å². The highest BCUT2D eigenvalue weighted by Crippen LogP contribution is 2.21. The summed E-state index contributed by atoms with van der Waals surface area (Å²) in [7, 11) is 0. The second-order valence-corrected chi connectivity index (χ2v) is 6.94. The Morgan fingerprint density at radius 1 is 1.04 bits per heavy atom. The number of esters is 1. The highest BCUT2D eigenvalue weighted by atomic mass is 32.1. The van der Waals surface area contributed by atoms with E-state index in [-0.39, 0.29) is 25.2 Å². The average Bonchev–Trinajstić information content (AvgIpc) is 3.14. The van der Waals surface area contributed by atoms with Crippen LogP contribution in [-0.2, 0) is 16.1 Å². The fourth-order valence-corrected chi connectivity index (χ4v) is 3.12. The van der Waals surface area contributed by atoms with E-state index in [4.69, 9.17) is 4.74 Å². The maximum atomic E-state index is 12.0. The molecule has 0 aliphatic carbocycles. The molecule has 6 heteroatoms. The Morgan fingerprint density at radius 3 is 2.52 bits per heavy atom. The van der Waals surface area contributed by atoms with Gasteiger partial charge in [-0.15, -0.1) is 11.3 Å². The molecule has 0 saturated carbocycles. The third-order valence-corrected chi connectivity index (χ3v) is 4.69. The number of aryl methyl sites for hydroxylation is 1. The lowest BCUT2D eigenvalue weighted by Gasteiger charge is -2.04. The van der Waals surface area contributed by atoms with Crippen LogP contribution in [0, 0.1) is 6.92 Å². The van der Waals surface area contributed by atoms with Crippen LogP contribution in [0.15, 0.2) is 60.0 Å². The van der Waals surface area contributed by atoms with Crippen LogP contribution in [0.5, 0.6) is 0 Å². The third kappa shape index (κ3) is 5.76. The molecule has 0 saturated heterocycles. The van der Waals surface area contributed by atoms with Crippen molar-refractivity contribution in [2.75, 3.05) is 5.32 Å². The van der Waals surface area contributed by atoms with Gasteiger partial charge in [0.15, 0.2) is 10.9 Å². The van der Waals surface area contributed by atoms with Crippen molar-refractivity contribution in [1.82, 2.24) is 4.98 Å².